The van der Waals surface area contributed by atoms with Gasteiger partial charge in [-0.25, -0.2) is 4.39 Å². The summed E-state index contributed by atoms with van der Waals surface area (Å²) in [4.78, 5) is 16.0. The van der Waals surface area contributed by atoms with Crippen molar-refractivity contribution < 1.29 is 13.9 Å². The van der Waals surface area contributed by atoms with E-state index in [0.29, 0.717) is 22.3 Å². The fraction of sp³-hybridized carbons (Fsp3) is 0.222. The lowest BCUT2D eigenvalue weighted by molar-refractivity contribution is -0.117. The number of halogens is 1. The number of fused-ring (bicyclic) bond motifs is 1. The summed E-state index contributed by atoms with van der Waals surface area (Å²) >= 11 is 0. The summed E-state index contributed by atoms with van der Waals surface area (Å²) in [6.07, 6.45) is 2.52. The minimum atomic E-state index is -1.07. The second-order valence-electron chi connectivity index (χ2n) is 6.16. The number of methoxy groups -OCH3 is 1. The Kier molecular flexibility index (Phi) is 3.87. The van der Waals surface area contributed by atoms with Crippen LogP contribution in [0.1, 0.15) is 6.42 Å². The van der Waals surface area contributed by atoms with Gasteiger partial charge in [-0.2, -0.15) is 0 Å². The summed E-state index contributed by atoms with van der Waals surface area (Å²) in [5, 5.41) is 11.3. The number of ether oxygens (including phenoxy) is 1. The molecule has 1 saturated carbocycles. The fourth-order valence-electron chi connectivity index (χ4n) is 2.83. The molecule has 3 aromatic rings. The van der Waals surface area contributed by atoms with E-state index >= 15 is 0 Å². The first kappa shape index (κ1) is 16.2. The number of amides is 1. The lowest BCUT2D eigenvalue weighted by Crippen LogP contribution is -2.16. The molecular weight excluding hydrogens is 337 g/mol. The molecule has 26 heavy (non-hydrogen) atoms. The molecule has 1 aliphatic carbocycles. The molecule has 3 N–H and O–H groups in total. The molecule has 2 heterocycles. The van der Waals surface area contributed by atoms with Crippen LogP contribution >= 0.6 is 0 Å². The van der Waals surface area contributed by atoms with Crippen LogP contribution in [0.2, 0.25) is 0 Å². The number of nitrogen functional groups attached to an aromatic ring is 1. The zero-order valence-corrected chi connectivity index (χ0v) is 13.9. The van der Waals surface area contributed by atoms with Crippen LogP contribution in [0.5, 0.6) is 5.75 Å². The van der Waals surface area contributed by atoms with Crippen LogP contribution in [0.25, 0.3) is 22.0 Å². The van der Waals surface area contributed by atoms with Crippen LogP contribution < -0.4 is 15.8 Å². The van der Waals surface area contributed by atoms with E-state index < -0.39 is 12.1 Å². The summed E-state index contributed by atoms with van der Waals surface area (Å²) in [5.74, 6) is -0.0546. The van der Waals surface area contributed by atoms with Gasteiger partial charge in [-0.15, -0.1) is 10.2 Å². The SMILES string of the molecule is COc1ccncc1-c1cc(N)c2nnc(NC(=O)C3CC3F)cc2c1. The maximum absolute atomic E-state index is 13.0. The normalized spacial score (nSPS) is 18.5. The number of hydrogen-bond acceptors (Lipinski definition) is 6. The quantitative estimate of drug-likeness (QED) is 0.699. The first-order valence-corrected chi connectivity index (χ1v) is 8.07. The summed E-state index contributed by atoms with van der Waals surface area (Å²) in [6.45, 7) is 0. The molecule has 1 amide bonds. The molecule has 0 saturated heterocycles. The van der Waals surface area contributed by atoms with Crippen molar-refractivity contribution in [2.75, 3.05) is 18.2 Å². The van der Waals surface area contributed by atoms with Gasteiger partial charge in [0.2, 0.25) is 5.91 Å². The van der Waals surface area contributed by atoms with Gasteiger partial charge in [-0.3, -0.25) is 9.78 Å². The van der Waals surface area contributed by atoms with Crippen molar-refractivity contribution in [2.45, 2.75) is 12.6 Å². The number of anilines is 2. The first-order chi connectivity index (χ1) is 12.6. The zero-order chi connectivity index (χ0) is 18.3. The van der Waals surface area contributed by atoms with Gasteiger partial charge in [0.15, 0.2) is 5.82 Å². The molecule has 1 aromatic carbocycles. The van der Waals surface area contributed by atoms with Gasteiger partial charge in [-0.05, 0) is 36.2 Å². The first-order valence-electron chi connectivity index (χ1n) is 8.07. The molecule has 0 aliphatic heterocycles. The Hall–Kier alpha value is -3.29. The van der Waals surface area contributed by atoms with Gasteiger partial charge in [0.25, 0.3) is 0 Å². The van der Waals surface area contributed by atoms with E-state index in [0.717, 1.165) is 11.1 Å². The topological polar surface area (TPSA) is 103 Å². The van der Waals surface area contributed by atoms with Crippen molar-refractivity contribution >= 4 is 28.3 Å². The summed E-state index contributed by atoms with van der Waals surface area (Å²) in [7, 11) is 1.58. The minimum absolute atomic E-state index is 0.255. The van der Waals surface area contributed by atoms with Crippen molar-refractivity contribution in [3.05, 3.63) is 36.7 Å². The Morgan fingerprint density at radius 1 is 1.35 bits per heavy atom. The lowest BCUT2D eigenvalue weighted by atomic mass is 10.0. The zero-order valence-electron chi connectivity index (χ0n) is 13.9. The Labute approximate surface area is 148 Å². The van der Waals surface area contributed by atoms with Gasteiger partial charge < -0.3 is 15.8 Å². The molecule has 0 bridgehead atoms. The van der Waals surface area contributed by atoms with Gasteiger partial charge in [-0.1, -0.05) is 0 Å². The average Bonchev–Trinajstić information content (AvgIpc) is 3.38. The fourth-order valence-corrected chi connectivity index (χ4v) is 2.83. The number of nitrogens with one attached hydrogen (secondary N) is 1. The standard InChI is InChI=1S/C18H16FN5O2/c1-26-15-2-3-21-8-12(15)9-4-10-6-16(22-18(25)11-7-13(11)19)23-24-17(10)14(20)5-9/h2-6,8,11,13H,7,20H2,1H3,(H,22,23,25). The number of carbonyl (C=O) groups is 1. The summed E-state index contributed by atoms with van der Waals surface area (Å²) in [6, 6.07) is 7.06. The third-order valence-electron chi connectivity index (χ3n) is 4.33. The third-order valence-corrected chi connectivity index (χ3v) is 4.33. The lowest BCUT2D eigenvalue weighted by Gasteiger charge is -2.11. The predicted molar refractivity (Wildman–Crippen MR) is 95.4 cm³/mol. The van der Waals surface area contributed by atoms with Crippen molar-refractivity contribution in [3.63, 3.8) is 0 Å². The Morgan fingerprint density at radius 3 is 2.88 bits per heavy atom. The predicted octanol–water partition coefficient (Wildman–Crippen LogP) is 2.58. The van der Waals surface area contributed by atoms with E-state index in [-0.39, 0.29) is 18.1 Å². The van der Waals surface area contributed by atoms with Crippen LogP contribution in [0.3, 0.4) is 0 Å². The molecule has 132 valence electrons. The van der Waals surface area contributed by atoms with Gasteiger partial charge in [0.05, 0.1) is 18.7 Å². The molecule has 0 spiro atoms. The van der Waals surface area contributed by atoms with Crippen LogP contribution in [0.4, 0.5) is 15.9 Å². The van der Waals surface area contributed by atoms with Crippen molar-refractivity contribution in [1.82, 2.24) is 15.2 Å². The highest BCUT2D eigenvalue weighted by molar-refractivity contribution is 5.98. The Balaban J connectivity index is 1.73. The highest BCUT2D eigenvalue weighted by atomic mass is 19.1. The molecule has 2 unspecified atom stereocenters. The molecule has 1 fully saturated rings. The Morgan fingerprint density at radius 2 is 2.15 bits per heavy atom. The van der Waals surface area contributed by atoms with Crippen LogP contribution in [-0.2, 0) is 4.79 Å². The Bertz CT molecular complexity index is 1010. The average molecular weight is 353 g/mol. The van der Waals surface area contributed by atoms with E-state index in [9.17, 15) is 9.18 Å². The second kappa shape index (κ2) is 6.21. The molecular formula is C18H16FN5O2. The third kappa shape index (κ3) is 2.90. The van der Waals surface area contributed by atoms with Crippen LogP contribution in [0, 0.1) is 5.92 Å². The number of nitrogens with zero attached hydrogens (tertiary/aromatic N) is 3. The van der Waals surface area contributed by atoms with E-state index in [4.69, 9.17) is 10.5 Å². The molecule has 4 rings (SSSR count). The van der Waals surface area contributed by atoms with E-state index in [2.05, 4.69) is 20.5 Å². The van der Waals surface area contributed by atoms with Gasteiger partial charge in [0.1, 0.15) is 17.4 Å². The van der Waals surface area contributed by atoms with Crippen LogP contribution in [0.15, 0.2) is 36.7 Å². The van der Waals surface area contributed by atoms with Crippen molar-refractivity contribution in [2.24, 2.45) is 5.92 Å². The van der Waals surface area contributed by atoms with E-state index in [1.165, 1.54) is 0 Å². The smallest absolute Gasteiger partial charge is 0.231 e. The van der Waals surface area contributed by atoms with Gasteiger partial charge >= 0.3 is 0 Å². The number of benzene rings is 1. The summed E-state index contributed by atoms with van der Waals surface area (Å²) in [5.41, 5.74) is 8.66. The number of aromatic nitrogens is 3. The monoisotopic (exact) mass is 353 g/mol. The number of carbonyl (C=O) groups excluding carboxylic acids is 1. The number of pyridine rings is 1. The molecule has 2 aromatic heterocycles. The second-order valence-corrected chi connectivity index (χ2v) is 6.16. The molecule has 2 atom stereocenters. The van der Waals surface area contributed by atoms with Crippen molar-refractivity contribution in [3.8, 4) is 16.9 Å². The minimum Gasteiger partial charge on any atom is -0.496 e. The number of alkyl halides is 1. The van der Waals surface area contributed by atoms with E-state index in [1.807, 2.05) is 6.07 Å². The number of rotatable bonds is 4. The highest BCUT2D eigenvalue weighted by Gasteiger charge is 2.43. The highest BCUT2D eigenvalue weighted by Crippen LogP contribution is 2.35. The largest absolute Gasteiger partial charge is 0.496 e. The maximum Gasteiger partial charge on any atom is 0.231 e. The number of nitrogens with two attached hydrogens (primary N) is 1. The molecule has 8 heteroatoms. The number of hydrogen-bond donors (Lipinski definition) is 2. The summed E-state index contributed by atoms with van der Waals surface area (Å²) < 4.78 is 18.4. The van der Waals surface area contributed by atoms with Gasteiger partial charge in [0, 0.05) is 23.3 Å². The molecule has 1 aliphatic rings. The van der Waals surface area contributed by atoms with Crippen LogP contribution in [-0.4, -0.2) is 34.4 Å². The molecule has 7 nitrogen and oxygen atoms in total. The maximum atomic E-state index is 13.0. The van der Waals surface area contributed by atoms with Crippen molar-refractivity contribution in [1.29, 1.82) is 0 Å². The molecule has 0 radical (unpaired) electrons. The van der Waals surface area contributed by atoms with E-state index in [1.54, 1.807) is 37.7 Å².